The molecule has 1 fully saturated rings. The minimum Gasteiger partial charge on any atom is -0.493 e. The Morgan fingerprint density at radius 1 is 1.35 bits per heavy atom. The third-order valence-electron chi connectivity index (χ3n) is 5.13. The molecule has 0 amide bonds. The summed E-state index contributed by atoms with van der Waals surface area (Å²) in [6.45, 7) is 4.37. The number of aliphatic hydroxyl groups excluding tert-OH is 1. The summed E-state index contributed by atoms with van der Waals surface area (Å²) in [5.74, 6) is 8.54. The number of aliphatic hydroxyl groups is 1. The number of nitrogens with one attached hydrogen (secondary N) is 1. The predicted octanol–water partition coefficient (Wildman–Crippen LogP) is 1.69. The Morgan fingerprint density at radius 3 is 2.97 bits per heavy atom. The summed E-state index contributed by atoms with van der Waals surface area (Å²) in [4.78, 5) is 4.15. The van der Waals surface area contributed by atoms with Crippen LogP contribution in [0.25, 0.3) is 0 Å². The highest BCUT2D eigenvalue weighted by molar-refractivity contribution is 5.41. The summed E-state index contributed by atoms with van der Waals surface area (Å²) < 4.78 is 13.0. The number of nitrogens with two attached hydrogens (primary N) is 1. The summed E-state index contributed by atoms with van der Waals surface area (Å²) in [6, 6.07) is 10.0. The van der Waals surface area contributed by atoms with Gasteiger partial charge in [-0.05, 0) is 43.5 Å². The Balaban J connectivity index is 1.29. The van der Waals surface area contributed by atoms with Gasteiger partial charge in [0.25, 0.3) is 0 Å². The molecule has 0 saturated heterocycles. The molecule has 1 aliphatic rings. The number of ether oxygens (including phenoxy) is 1. The largest absolute Gasteiger partial charge is 0.493 e. The Bertz CT molecular complexity index is 1050. The lowest BCUT2D eigenvalue weighted by molar-refractivity contribution is 0.184. The van der Waals surface area contributed by atoms with E-state index in [9.17, 15) is 5.11 Å². The van der Waals surface area contributed by atoms with Crippen molar-refractivity contribution in [3.8, 4) is 17.6 Å². The minimum absolute atomic E-state index is 0.459. The van der Waals surface area contributed by atoms with E-state index in [2.05, 4.69) is 27.3 Å². The van der Waals surface area contributed by atoms with Gasteiger partial charge in [-0.15, -0.1) is 0 Å². The fourth-order valence-electron chi connectivity index (χ4n) is 3.36. The molecule has 0 spiro atoms. The first kappa shape index (κ1) is 21.1. The standard InChI is InChI=1S/C23H27N5O3/c1-16(29)23-26-10-11-28(23)14-19-13-21(31-27-19)7-4-17-2-5-20(6-3-17)30-15-18-12-22(18)25-9-8-24/h2-3,5-6,10-11,13,16,18,22,25,29H,8-9,12,14-15,24H2,1H3/t16-,18?,22?/m0/s1. The molecule has 8 nitrogen and oxygen atoms in total. The summed E-state index contributed by atoms with van der Waals surface area (Å²) >= 11 is 0. The molecular formula is C23H27N5O3. The van der Waals surface area contributed by atoms with Crippen molar-refractivity contribution in [3.63, 3.8) is 0 Å². The van der Waals surface area contributed by atoms with E-state index >= 15 is 0 Å². The van der Waals surface area contributed by atoms with E-state index in [4.69, 9.17) is 15.0 Å². The number of imidazole rings is 1. The van der Waals surface area contributed by atoms with Crippen LogP contribution in [0.3, 0.4) is 0 Å². The Labute approximate surface area is 181 Å². The number of hydrogen-bond donors (Lipinski definition) is 3. The molecule has 0 bridgehead atoms. The summed E-state index contributed by atoms with van der Waals surface area (Å²) in [5.41, 5.74) is 7.09. The average Bonchev–Trinajstić information content (AvgIpc) is 3.12. The predicted molar refractivity (Wildman–Crippen MR) is 115 cm³/mol. The van der Waals surface area contributed by atoms with Gasteiger partial charge in [-0.25, -0.2) is 4.98 Å². The molecule has 1 aromatic carbocycles. The van der Waals surface area contributed by atoms with Crippen LogP contribution in [0, 0.1) is 17.8 Å². The summed E-state index contributed by atoms with van der Waals surface area (Å²) in [5, 5.41) is 17.2. The highest BCUT2D eigenvalue weighted by Gasteiger charge is 2.36. The fraction of sp³-hybridized carbons (Fsp3) is 0.391. The van der Waals surface area contributed by atoms with Crippen molar-refractivity contribution < 1.29 is 14.4 Å². The minimum atomic E-state index is -0.647. The highest BCUT2D eigenvalue weighted by atomic mass is 16.5. The number of aromatic nitrogens is 3. The van der Waals surface area contributed by atoms with Gasteiger partial charge >= 0.3 is 0 Å². The van der Waals surface area contributed by atoms with Gasteiger partial charge in [0.05, 0.1) is 13.2 Å². The van der Waals surface area contributed by atoms with E-state index < -0.39 is 6.10 Å². The first-order chi connectivity index (χ1) is 15.1. The van der Waals surface area contributed by atoms with E-state index in [0.29, 0.717) is 48.9 Å². The van der Waals surface area contributed by atoms with Crippen LogP contribution in [-0.4, -0.2) is 45.6 Å². The molecule has 3 atom stereocenters. The highest BCUT2D eigenvalue weighted by Crippen LogP contribution is 2.30. The normalized spacial score (nSPS) is 18.3. The van der Waals surface area contributed by atoms with Gasteiger partial charge in [-0.3, -0.25) is 0 Å². The Kier molecular flexibility index (Phi) is 6.67. The van der Waals surface area contributed by atoms with Crippen LogP contribution in [-0.2, 0) is 6.54 Å². The maximum Gasteiger partial charge on any atom is 0.210 e. The molecule has 4 rings (SSSR count). The molecule has 0 radical (unpaired) electrons. The van der Waals surface area contributed by atoms with E-state index in [-0.39, 0.29) is 0 Å². The molecule has 2 heterocycles. The zero-order valence-corrected chi connectivity index (χ0v) is 17.5. The lowest BCUT2D eigenvalue weighted by Gasteiger charge is -2.07. The van der Waals surface area contributed by atoms with E-state index in [0.717, 1.165) is 24.3 Å². The lowest BCUT2D eigenvalue weighted by atomic mass is 10.2. The van der Waals surface area contributed by atoms with Crippen molar-refractivity contribution in [2.24, 2.45) is 11.7 Å². The van der Waals surface area contributed by atoms with Gasteiger partial charge in [-0.2, -0.15) is 0 Å². The van der Waals surface area contributed by atoms with Crippen molar-refractivity contribution >= 4 is 0 Å². The van der Waals surface area contributed by atoms with E-state index in [1.165, 1.54) is 0 Å². The fourth-order valence-corrected chi connectivity index (χ4v) is 3.36. The summed E-state index contributed by atoms with van der Waals surface area (Å²) in [7, 11) is 0. The second-order valence-electron chi connectivity index (χ2n) is 7.70. The molecule has 2 aromatic heterocycles. The maximum atomic E-state index is 9.75. The second-order valence-corrected chi connectivity index (χ2v) is 7.70. The number of nitrogens with zero attached hydrogens (tertiary/aromatic N) is 3. The first-order valence-corrected chi connectivity index (χ1v) is 10.5. The quantitative estimate of drug-likeness (QED) is 0.451. The van der Waals surface area contributed by atoms with Gasteiger partial charge in [0, 0.05) is 49.1 Å². The van der Waals surface area contributed by atoms with Crippen LogP contribution in [0.5, 0.6) is 5.75 Å². The van der Waals surface area contributed by atoms with Gasteiger partial charge in [0.15, 0.2) is 0 Å². The summed E-state index contributed by atoms with van der Waals surface area (Å²) in [6.07, 6.45) is 3.94. The van der Waals surface area contributed by atoms with Gasteiger partial charge in [-0.1, -0.05) is 11.1 Å². The monoisotopic (exact) mass is 421 g/mol. The topological polar surface area (TPSA) is 111 Å². The number of rotatable bonds is 9. The molecule has 3 aromatic rings. The first-order valence-electron chi connectivity index (χ1n) is 10.5. The maximum absolute atomic E-state index is 9.75. The van der Waals surface area contributed by atoms with Crippen molar-refractivity contribution in [3.05, 3.63) is 65.6 Å². The molecule has 1 saturated carbocycles. The molecule has 2 unspecified atom stereocenters. The number of benzene rings is 1. The van der Waals surface area contributed by atoms with Gasteiger partial charge in [0.1, 0.15) is 23.4 Å². The molecular weight excluding hydrogens is 394 g/mol. The Hall–Kier alpha value is -3.12. The smallest absolute Gasteiger partial charge is 0.210 e. The van der Waals surface area contributed by atoms with E-state index in [1.807, 2.05) is 28.8 Å². The molecule has 1 aliphatic carbocycles. The van der Waals surface area contributed by atoms with E-state index in [1.54, 1.807) is 25.4 Å². The van der Waals surface area contributed by atoms with Gasteiger partial charge in [0.2, 0.25) is 5.76 Å². The third kappa shape index (κ3) is 5.73. The third-order valence-corrected chi connectivity index (χ3v) is 5.13. The molecule has 8 heteroatoms. The van der Waals surface area contributed by atoms with Crippen molar-refractivity contribution in [1.82, 2.24) is 20.0 Å². The van der Waals surface area contributed by atoms with Gasteiger partial charge < -0.3 is 30.0 Å². The van der Waals surface area contributed by atoms with Crippen LogP contribution < -0.4 is 15.8 Å². The van der Waals surface area contributed by atoms with Crippen molar-refractivity contribution in [2.45, 2.75) is 32.0 Å². The second kappa shape index (κ2) is 9.79. The average molecular weight is 422 g/mol. The lowest BCUT2D eigenvalue weighted by Crippen LogP contribution is -2.26. The van der Waals surface area contributed by atoms with Crippen molar-refractivity contribution in [1.29, 1.82) is 0 Å². The number of hydrogen-bond acceptors (Lipinski definition) is 7. The SMILES string of the molecule is C[C@H](O)c1nccn1Cc1cc(C#Cc2ccc(OCC3CC3NCCN)cc2)on1. The zero-order valence-electron chi connectivity index (χ0n) is 17.5. The molecule has 0 aliphatic heterocycles. The molecule has 4 N–H and O–H groups in total. The zero-order chi connectivity index (χ0) is 21.6. The van der Waals surface area contributed by atoms with Crippen LogP contribution in [0.15, 0.2) is 47.2 Å². The molecule has 31 heavy (non-hydrogen) atoms. The van der Waals surface area contributed by atoms with Crippen molar-refractivity contribution in [2.75, 3.05) is 19.7 Å². The van der Waals surface area contributed by atoms with Crippen LogP contribution in [0.1, 0.15) is 42.3 Å². The van der Waals surface area contributed by atoms with Crippen LogP contribution in [0.2, 0.25) is 0 Å². The van der Waals surface area contributed by atoms with Crippen LogP contribution >= 0.6 is 0 Å². The van der Waals surface area contributed by atoms with Crippen LogP contribution in [0.4, 0.5) is 0 Å². The molecule has 162 valence electrons. The Morgan fingerprint density at radius 2 is 2.19 bits per heavy atom.